The highest BCUT2D eigenvalue weighted by atomic mass is 15.0. The lowest BCUT2D eigenvalue weighted by molar-refractivity contribution is 1.18. The molecule has 0 bridgehead atoms. The van der Waals surface area contributed by atoms with E-state index < -0.39 is 0 Å². The summed E-state index contributed by atoms with van der Waals surface area (Å²) in [5.41, 5.74) is 11.1. The summed E-state index contributed by atoms with van der Waals surface area (Å²) in [4.78, 5) is 0. The van der Waals surface area contributed by atoms with Crippen LogP contribution in [0.2, 0.25) is 0 Å². The normalized spacial score (nSPS) is 11.8. The lowest BCUT2D eigenvalue weighted by Crippen LogP contribution is -1.92. The molecule has 0 N–H and O–H groups in total. The molecule has 0 aliphatic heterocycles. The molecule has 10 rings (SSSR count). The van der Waals surface area contributed by atoms with E-state index in [1.54, 1.807) is 0 Å². The molecule has 0 saturated carbocycles. The van der Waals surface area contributed by atoms with Gasteiger partial charge in [-0.1, -0.05) is 146 Å². The van der Waals surface area contributed by atoms with Gasteiger partial charge in [-0.25, -0.2) is 0 Å². The summed E-state index contributed by atoms with van der Waals surface area (Å²) >= 11 is 0. The summed E-state index contributed by atoms with van der Waals surface area (Å²) in [6.07, 6.45) is 0. The second-order valence-electron chi connectivity index (χ2n) is 12.5. The number of fused-ring (bicyclic) bond motifs is 3. The number of hydrogen-bond donors (Lipinski definition) is 0. The smallest absolute Gasteiger partial charge is 0.0541 e. The Kier molecular flexibility index (Phi) is 5.64. The Bertz CT molecular complexity index is 2750. The van der Waals surface area contributed by atoms with Crippen molar-refractivity contribution in [2.45, 2.75) is 0 Å². The average molecular weight is 596 g/mol. The van der Waals surface area contributed by atoms with E-state index in [1.807, 2.05) is 0 Å². The number of rotatable bonds is 4. The van der Waals surface area contributed by atoms with Gasteiger partial charge >= 0.3 is 0 Å². The molecular formula is C46H29N. The van der Waals surface area contributed by atoms with Crippen LogP contribution in [0.3, 0.4) is 0 Å². The first-order chi connectivity index (χ1) is 23.3. The molecule has 10 aromatic rings. The Morgan fingerprint density at radius 3 is 1.49 bits per heavy atom. The molecule has 0 saturated heterocycles. The van der Waals surface area contributed by atoms with Crippen LogP contribution in [0.15, 0.2) is 176 Å². The molecule has 0 amide bonds. The second-order valence-corrected chi connectivity index (χ2v) is 12.5. The Balaban J connectivity index is 1.09. The maximum atomic E-state index is 2.37. The molecule has 47 heavy (non-hydrogen) atoms. The van der Waals surface area contributed by atoms with E-state index in [-0.39, 0.29) is 0 Å². The van der Waals surface area contributed by atoms with Crippen molar-refractivity contribution in [1.29, 1.82) is 0 Å². The van der Waals surface area contributed by atoms with Crippen molar-refractivity contribution in [1.82, 2.24) is 4.57 Å². The third-order valence-corrected chi connectivity index (χ3v) is 9.97. The number of benzene rings is 9. The molecular weight excluding hydrogens is 567 g/mol. The molecule has 0 atom stereocenters. The van der Waals surface area contributed by atoms with Gasteiger partial charge in [0.15, 0.2) is 0 Å². The SMILES string of the molecule is c1ccc(-c2ccc3ccc4c(-c5ccc(-c6ccc7c(c6)c6ccccc6n7-c6ccccc6)cc5)ccc5ccc2c3c54)cc1. The Hall–Kier alpha value is -6.18. The highest BCUT2D eigenvalue weighted by molar-refractivity contribution is 6.27. The molecule has 0 aliphatic carbocycles. The Morgan fingerprint density at radius 2 is 0.809 bits per heavy atom. The van der Waals surface area contributed by atoms with Gasteiger partial charge in [0.2, 0.25) is 0 Å². The van der Waals surface area contributed by atoms with Crippen molar-refractivity contribution < 1.29 is 0 Å². The lowest BCUT2D eigenvalue weighted by atomic mass is 9.87. The molecule has 0 unspecified atom stereocenters. The van der Waals surface area contributed by atoms with E-state index in [4.69, 9.17) is 0 Å². The van der Waals surface area contributed by atoms with Gasteiger partial charge in [-0.2, -0.15) is 0 Å². The van der Waals surface area contributed by atoms with Gasteiger partial charge in [-0.05, 0) is 96.0 Å². The van der Waals surface area contributed by atoms with Crippen LogP contribution in [0.25, 0.3) is 93.2 Å². The van der Waals surface area contributed by atoms with Crippen molar-refractivity contribution in [2.75, 3.05) is 0 Å². The van der Waals surface area contributed by atoms with Crippen LogP contribution in [0.5, 0.6) is 0 Å². The van der Waals surface area contributed by atoms with Crippen LogP contribution < -0.4 is 0 Å². The highest BCUT2D eigenvalue weighted by Gasteiger charge is 2.16. The predicted molar refractivity (Wildman–Crippen MR) is 201 cm³/mol. The van der Waals surface area contributed by atoms with E-state index in [9.17, 15) is 0 Å². The molecule has 9 aromatic carbocycles. The molecule has 1 aromatic heterocycles. The first-order valence-corrected chi connectivity index (χ1v) is 16.3. The fourth-order valence-electron chi connectivity index (χ4n) is 7.77. The summed E-state index contributed by atoms with van der Waals surface area (Å²) in [6, 6.07) is 64.4. The molecule has 218 valence electrons. The molecule has 0 aliphatic rings. The van der Waals surface area contributed by atoms with E-state index >= 15 is 0 Å². The zero-order valence-corrected chi connectivity index (χ0v) is 25.7. The van der Waals surface area contributed by atoms with Gasteiger partial charge in [-0.15, -0.1) is 0 Å². The number of aromatic nitrogens is 1. The van der Waals surface area contributed by atoms with Crippen LogP contribution >= 0.6 is 0 Å². The van der Waals surface area contributed by atoms with Gasteiger partial charge in [0.25, 0.3) is 0 Å². The van der Waals surface area contributed by atoms with Gasteiger partial charge in [0, 0.05) is 16.5 Å². The molecule has 1 heterocycles. The summed E-state index contributed by atoms with van der Waals surface area (Å²) in [6.45, 7) is 0. The van der Waals surface area contributed by atoms with Gasteiger partial charge in [0.05, 0.1) is 11.0 Å². The monoisotopic (exact) mass is 595 g/mol. The largest absolute Gasteiger partial charge is 0.309 e. The van der Waals surface area contributed by atoms with Crippen molar-refractivity contribution in [2.24, 2.45) is 0 Å². The van der Waals surface area contributed by atoms with Crippen molar-refractivity contribution in [3.05, 3.63) is 176 Å². The van der Waals surface area contributed by atoms with Gasteiger partial charge in [0.1, 0.15) is 0 Å². The first-order valence-electron chi connectivity index (χ1n) is 16.3. The lowest BCUT2D eigenvalue weighted by Gasteiger charge is -2.16. The van der Waals surface area contributed by atoms with Crippen LogP contribution in [0.1, 0.15) is 0 Å². The average Bonchev–Trinajstić information content (AvgIpc) is 3.48. The van der Waals surface area contributed by atoms with Gasteiger partial charge < -0.3 is 4.57 Å². The Labute approximate surface area is 272 Å². The Morgan fingerprint density at radius 1 is 0.298 bits per heavy atom. The van der Waals surface area contributed by atoms with Crippen LogP contribution in [-0.4, -0.2) is 4.57 Å². The molecule has 0 fully saturated rings. The summed E-state index contributed by atoms with van der Waals surface area (Å²) < 4.78 is 2.37. The third kappa shape index (κ3) is 3.97. The van der Waals surface area contributed by atoms with Crippen LogP contribution in [0, 0.1) is 0 Å². The number of nitrogens with zero attached hydrogens (tertiary/aromatic N) is 1. The van der Waals surface area contributed by atoms with Crippen molar-refractivity contribution in [3.63, 3.8) is 0 Å². The standard InChI is InChI=1S/C46H29N/c1-3-9-31(10-4-1)37-24-19-33-22-27-41-38(25-20-34-21-26-40(37)45(33)46(34)41)32-17-15-30(16-18-32)35-23-28-44-42(29-35)39-13-7-8-14-43(39)47(44)36-11-5-2-6-12-36/h1-29H. The topological polar surface area (TPSA) is 4.93 Å². The first kappa shape index (κ1) is 26.1. The quantitative estimate of drug-likeness (QED) is 0.178. The van der Waals surface area contributed by atoms with E-state index in [2.05, 4.69) is 180 Å². The maximum absolute atomic E-state index is 2.37. The predicted octanol–water partition coefficient (Wildman–Crippen LogP) is 12.7. The van der Waals surface area contributed by atoms with Crippen molar-refractivity contribution in [3.8, 4) is 39.1 Å². The fourth-order valence-corrected chi connectivity index (χ4v) is 7.77. The zero-order chi connectivity index (χ0) is 30.9. The minimum Gasteiger partial charge on any atom is -0.309 e. The maximum Gasteiger partial charge on any atom is 0.0541 e. The number of para-hydroxylation sites is 2. The zero-order valence-electron chi connectivity index (χ0n) is 25.7. The third-order valence-electron chi connectivity index (χ3n) is 9.97. The minimum absolute atomic E-state index is 1.18. The molecule has 0 spiro atoms. The van der Waals surface area contributed by atoms with E-state index in [0.29, 0.717) is 0 Å². The minimum atomic E-state index is 1.18. The molecule has 1 nitrogen and oxygen atoms in total. The van der Waals surface area contributed by atoms with Crippen LogP contribution in [0.4, 0.5) is 0 Å². The molecule has 0 radical (unpaired) electrons. The van der Waals surface area contributed by atoms with Crippen LogP contribution in [-0.2, 0) is 0 Å². The van der Waals surface area contributed by atoms with E-state index in [0.717, 1.165) is 0 Å². The highest BCUT2D eigenvalue weighted by Crippen LogP contribution is 2.43. The van der Waals surface area contributed by atoms with E-state index in [1.165, 1.54) is 93.2 Å². The fraction of sp³-hybridized carbons (Fsp3) is 0. The second kappa shape index (κ2) is 10.2. The number of hydrogen-bond acceptors (Lipinski definition) is 0. The van der Waals surface area contributed by atoms with Crippen molar-refractivity contribution >= 4 is 54.1 Å². The summed E-state index contributed by atoms with van der Waals surface area (Å²) in [5.74, 6) is 0. The molecule has 1 heteroatoms. The summed E-state index contributed by atoms with van der Waals surface area (Å²) in [7, 11) is 0. The van der Waals surface area contributed by atoms with Gasteiger partial charge in [-0.3, -0.25) is 0 Å². The summed E-state index contributed by atoms with van der Waals surface area (Å²) in [5, 5.41) is 10.4.